The third kappa shape index (κ3) is 3.24. The van der Waals surface area contributed by atoms with Crippen LogP contribution in [0.2, 0.25) is 0 Å². The minimum Gasteiger partial charge on any atom is -0.496 e. The Hall–Kier alpha value is -1.06. The van der Waals surface area contributed by atoms with Crippen molar-refractivity contribution in [3.05, 3.63) is 29.8 Å². The summed E-state index contributed by atoms with van der Waals surface area (Å²) in [6.45, 7) is 2.77. The molecule has 2 rings (SSSR count). The molecule has 0 radical (unpaired) electrons. The van der Waals surface area contributed by atoms with E-state index in [2.05, 4.69) is 6.07 Å². The van der Waals surface area contributed by atoms with E-state index in [9.17, 15) is 0 Å². The van der Waals surface area contributed by atoms with Crippen LogP contribution in [0.15, 0.2) is 24.3 Å². The second kappa shape index (κ2) is 6.21. The van der Waals surface area contributed by atoms with Crippen molar-refractivity contribution in [3.63, 3.8) is 0 Å². The third-order valence-corrected chi connectivity index (χ3v) is 3.52. The molecule has 0 saturated heterocycles. The average molecular weight is 249 g/mol. The summed E-state index contributed by atoms with van der Waals surface area (Å²) in [4.78, 5) is 0. The van der Waals surface area contributed by atoms with Crippen molar-refractivity contribution >= 4 is 0 Å². The fourth-order valence-corrected chi connectivity index (χ4v) is 2.47. The van der Waals surface area contributed by atoms with Crippen LogP contribution in [0.4, 0.5) is 0 Å². The maximum absolute atomic E-state index is 6.32. The number of methoxy groups -OCH3 is 1. The van der Waals surface area contributed by atoms with Gasteiger partial charge in [0.15, 0.2) is 0 Å². The summed E-state index contributed by atoms with van der Waals surface area (Å²) < 4.78 is 11.2. The molecule has 0 spiro atoms. The maximum atomic E-state index is 6.32. The lowest BCUT2D eigenvalue weighted by atomic mass is 9.98. The second-order valence-corrected chi connectivity index (χ2v) is 4.94. The van der Waals surface area contributed by atoms with Gasteiger partial charge in [-0.05, 0) is 43.7 Å². The molecule has 2 atom stereocenters. The van der Waals surface area contributed by atoms with E-state index in [0.717, 1.165) is 24.3 Å². The van der Waals surface area contributed by atoms with Crippen LogP contribution < -0.4 is 10.5 Å². The molecule has 3 heteroatoms. The topological polar surface area (TPSA) is 44.5 Å². The first-order chi connectivity index (χ1) is 8.76. The Kier molecular flexibility index (Phi) is 4.61. The predicted octanol–water partition coefficient (Wildman–Crippen LogP) is 2.38. The lowest BCUT2D eigenvalue weighted by Crippen LogP contribution is -2.40. The number of para-hydroxylation sites is 1. The molecule has 0 heterocycles. The fraction of sp³-hybridized carbons (Fsp3) is 0.600. The first-order valence-electron chi connectivity index (χ1n) is 6.75. The zero-order valence-electron chi connectivity index (χ0n) is 11.3. The normalized spacial score (nSPS) is 18.4. The molecular formula is C15H23NO2. The largest absolute Gasteiger partial charge is 0.496 e. The Morgan fingerprint density at radius 3 is 2.67 bits per heavy atom. The minimum atomic E-state index is 0.0498. The summed E-state index contributed by atoms with van der Waals surface area (Å²) >= 11 is 0. The zero-order chi connectivity index (χ0) is 13.0. The van der Waals surface area contributed by atoms with Crippen molar-refractivity contribution in [1.82, 2.24) is 0 Å². The summed E-state index contributed by atoms with van der Waals surface area (Å²) in [5.41, 5.74) is 7.48. The van der Waals surface area contributed by atoms with Crippen molar-refractivity contribution in [2.75, 3.05) is 13.7 Å². The van der Waals surface area contributed by atoms with Crippen LogP contribution in [-0.4, -0.2) is 25.9 Å². The summed E-state index contributed by atoms with van der Waals surface area (Å²) in [7, 11) is 1.70. The van der Waals surface area contributed by atoms with Crippen LogP contribution in [0, 0.1) is 5.92 Å². The molecule has 1 fully saturated rings. The van der Waals surface area contributed by atoms with E-state index in [0.29, 0.717) is 5.92 Å². The van der Waals surface area contributed by atoms with Crippen LogP contribution in [0.1, 0.15) is 25.3 Å². The van der Waals surface area contributed by atoms with Crippen molar-refractivity contribution in [1.29, 1.82) is 0 Å². The van der Waals surface area contributed by atoms with Gasteiger partial charge in [0.2, 0.25) is 0 Å². The Morgan fingerprint density at radius 2 is 2.06 bits per heavy atom. The van der Waals surface area contributed by atoms with Gasteiger partial charge in [0.25, 0.3) is 0 Å². The molecule has 1 aliphatic carbocycles. The van der Waals surface area contributed by atoms with Gasteiger partial charge in [0, 0.05) is 12.6 Å². The highest BCUT2D eigenvalue weighted by atomic mass is 16.5. The van der Waals surface area contributed by atoms with E-state index in [1.807, 2.05) is 25.1 Å². The Morgan fingerprint density at radius 1 is 1.33 bits per heavy atom. The van der Waals surface area contributed by atoms with Crippen LogP contribution in [-0.2, 0) is 11.2 Å². The molecule has 1 saturated carbocycles. The quantitative estimate of drug-likeness (QED) is 0.807. The van der Waals surface area contributed by atoms with E-state index >= 15 is 0 Å². The van der Waals surface area contributed by atoms with Crippen molar-refractivity contribution in [3.8, 4) is 5.75 Å². The van der Waals surface area contributed by atoms with E-state index in [-0.39, 0.29) is 12.1 Å². The predicted molar refractivity (Wildman–Crippen MR) is 72.8 cm³/mol. The van der Waals surface area contributed by atoms with Crippen molar-refractivity contribution in [2.24, 2.45) is 11.7 Å². The SMILES string of the molecule is CCOC(C(N)Cc1ccccc1OC)C1CC1. The van der Waals surface area contributed by atoms with Crippen LogP contribution in [0.25, 0.3) is 0 Å². The number of ether oxygens (including phenoxy) is 2. The van der Waals surface area contributed by atoms with Crippen LogP contribution >= 0.6 is 0 Å². The standard InChI is InChI=1S/C15H23NO2/c1-3-18-15(11-8-9-11)13(16)10-12-6-4-5-7-14(12)17-2/h4-7,11,13,15H,3,8-10,16H2,1-2H3. The van der Waals surface area contributed by atoms with E-state index in [1.165, 1.54) is 12.8 Å². The fourth-order valence-electron chi connectivity index (χ4n) is 2.47. The maximum Gasteiger partial charge on any atom is 0.122 e. The van der Waals surface area contributed by atoms with Gasteiger partial charge >= 0.3 is 0 Å². The van der Waals surface area contributed by atoms with E-state index < -0.39 is 0 Å². The number of hydrogen-bond donors (Lipinski definition) is 1. The number of nitrogens with two attached hydrogens (primary N) is 1. The van der Waals surface area contributed by atoms with E-state index in [4.69, 9.17) is 15.2 Å². The van der Waals surface area contributed by atoms with Crippen LogP contribution in [0.5, 0.6) is 5.75 Å². The van der Waals surface area contributed by atoms with Crippen molar-refractivity contribution in [2.45, 2.75) is 38.3 Å². The molecule has 0 aliphatic heterocycles. The van der Waals surface area contributed by atoms with Crippen LogP contribution in [0.3, 0.4) is 0 Å². The monoisotopic (exact) mass is 249 g/mol. The molecule has 0 aromatic heterocycles. The van der Waals surface area contributed by atoms with Gasteiger partial charge in [-0.15, -0.1) is 0 Å². The van der Waals surface area contributed by atoms with Gasteiger partial charge in [-0.3, -0.25) is 0 Å². The average Bonchev–Trinajstić information content (AvgIpc) is 3.20. The zero-order valence-corrected chi connectivity index (χ0v) is 11.3. The summed E-state index contributed by atoms with van der Waals surface area (Å²) in [6, 6.07) is 8.11. The number of rotatable bonds is 7. The van der Waals surface area contributed by atoms with Gasteiger partial charge in [-0.2, -0.15) is 0 Å². The summed E-state index contributed by atoms with van der Waals surface area (Å²) in [5.74, 6) is 1.58. The molecule has 2 N–H and O–H groups in total. The lowest BCUT2D eigenvalue weighted by Gasteiger charge is -2.24. The molecule has 0 bridgehead atoms. The highest BCUT2D eigenvalue weighted by Gasteiger charge is 2.35. The highest BCUT2D eigenvalue weighted by molar-refractivity contribution is 5.34. The van der Waals surface area contributed by atoms with Gasteiger partial charge in [0.1, 0.15) is 5.75 Å². The molecule has 1 aromatic rings. The molecule has 3 nitrogen and oxygen atoms in total. The lowest BCUT2D eigenvalue weighted by molar-refractivity contribution is 0.0287. The van der Waals surface area contributed by atoms with Gasteiger partial charge in [-0.25, -0.2) is 0 Å². The van der Waals surface area contributed by atoms with Gasteiger partial charge in [0.05, 0.1) is 13.2 Å². The summed E-state index contributed by atoms with van der Waals surface area (Å²) in [5, 5.41) is 0. The van der Waals surface area contributed by atoms with E-state index in [1.54, 1.807) is 7.11 Å². The Bertz CT molecular complexity index is 377. The Balaban J connectivity index is 2.02. The first-order valence-corrected chi connectivity index (χ1v) is 6.75. The van der Waals surface area contributed by atoms with Gasteiger partial charge < -0.3 is 15.2 Å². The van der Waals surface area contributed by atoms with Gasteiger partial charge in [-0.1, -0.05) is 18.2 Å². The highest BCUT2D eigenvalue weighted by Crippen LogP contribution is 2.36. The molecule has 100 valence electrons. The smallest absolute Gasteiger partial charge is 0.122 e. The first kappa shape index (κ1) is 13.4. The molecular weight excluding hydrogens is 226 g/mol. The number of hydrogen-bond acceptors (Lipinski definition) is 3. The van der Waals surface area contributed by atoms with Crippen molar-refractivity contribution < 1.29 is 9.47 Å². The Labute approximate surface area is 109 Å². The second-order valence-electron chi connectivity index (χ2n) is 4.94. The molecule has 2 unspecified atom stereocenters. The molecule has 1 aromatic carbocycles. The summed E-state index contributed by atoms with van der Waals surface area (Å²) in [6.07, 6.45) is 3.51. The third-order valence-electron chi connectivity index (χ3n) is 3.52. The molecule has 0 amide bonds. The molecule has 18 heavy (non-hydrogen) atoms. The number of benzene rings is 1. The minimum absolute atomic E-state index is 0.0498. The molecule has 1 aliphatic rings.